The molecule has 0 amide bonds. The van der Waals surface area contributed by atoms with Crippen molar-refractivity contribution in [3.05, 3.63) is 47.9 Å². The molecule has 0 N–H and O–H groups in total. The van der Waals surface area contributed by atoms with Crippen molar-refractivity contribution >= 4 is 11.8 Å². The number of pyridine rings is 1. The van der Waals surface area contributed by atoms with Gasteiger partial charge in [-0.05, 0) is 25.1 Å². The largest absolute Gasteiger partial charge is 0.496 e. The van der Waals surface area contributed by atoms with E-state index in [1.807, 2.05) is 24.3 Å². The van der Waals surface area contributed by atoms with Gasteiger partial charge in [-0.2, -0.15) is 0 Å². The number of methoxy groups -OCH3 is 2. The third-order valence-electron chi connectivity index (χ3n) is 3.79. The summed E-state index contributed by atoms with van der Waals surface area (Å²) in [4.78, 5) is 6.51. The minimum atomic E-state index is 0.522. The molecule has 0 bridgehead atoms. The van der Waals surface area contributed by atoms with Crippen LogP contribution in [0, 0.1) is 0 Å². The van der Waals surface area contributed by atoms with Crippen LogP contribution in [-0.4, -0.2) is 32.3 Å². The van der Waals surface area contributed by atoms with Gasteiger partial charge in [0.15, 0.2) is 0 Å². The Balaban J connectivity index is 1.95. The molecule has 1 aromatic heterocycles. The molecule has 2 heterocycles. The standard InChI is InChI=1S/C18H20N2O3/c1-4-20-12-14(23-16-8-6-5-7-15(16)20)9-13-11-19-18(22-3)10-17(13)21-2/h5-11H,4,12H2,1-3H3/b14-9+. The van der Waals surface area contributed by atoms with Crippen molar-refractivity contribution in [3.8, 4) is 17.4 Å². The van der Waals surface area contributed by atoms with Crippen LogP contribution >= 0.6 is 0 Å². The molecule has 5 heteroatoms. The van der Waals surface area contributed by atoms with E-state index < -0.39 is 0 Å². The quantitative estimate of drug-likeness (QED) is 0.866. The molecule has 120 valence electrons. The Morgan fingerprint density at radius 1 is 1.26 bits per heavy atom. The van der Waals surface area contributed by atoms with Crippen molar-refractivity contribution in [2.24, 2.45) is 0 Å². The fourth-order valence-electron chi connectivity index (χ4n) is 2.61. The molecule has 0 radical (unpaired) electrons. The second kappa shape index (κ2) is 6.60. The summed E-state index contributed by atoms with van der Waals surface area (Å²) in [5.74, 6) is 2.95. The molecule has 1 aliphatic rings. The van der Waals surface area contributed by atoms with Crippen molar-refractivity contribution in [1.82, 2.24) is 4.98 Å². The lowest BCUT2D eigenvalue weighted by Crippen LogP contribution is -2.30. The Kier molecular flexibility index (Phi) is 4.37. The van der Waals surface area contributed by atoms with E-state index in [2.05, 4.69) is 22.9 Å². The number of nitrogens with zero attached hydrogens (tertiary/aromatic N) is 2. The second-order valence-electron chi connectivity index (χ2n) is 5.16. The maximum Gasteiger partial charge on any atom is 0.216 e. The fourth-order valence-corrected chi connectivity index (χ4v) is 2.61. The Hall–Kier alpha value is -2.69. The van der Waals surface area contributed by atoms with Crippen molar-refractivity contribution in [2.45, 2.75) is 6.92 Å². The van der Waals surface area contributed by atoms with E-state index in [4.69, 9.17) is 14.2 Å². The van der Waals surface area contributed by atoms with Gasteiger partial charge in [-0.25, -0.2) is 4.98 Å². The fraction of sp³-hybridized carbons (Fsp3) is 0.278. The Labute approximate surface area is 136 Å². The SMILES string of the molecule is CCN1C/C(=C\c2cnc(OC)cc2OC)Oc2ccccc21. The topological polar surface area (TPSA) is 43.8 Å². The normalized spacial score (nSPS) is 15.1. The number of rotatable bonds is 4. The first kappa shape index (κ1) is 15.2. The van der Waals surface area contributed by atoms with Crippen molar-refractivity contribution < 1.29 is 14.2 Å². The molecule has 5 nitrogen and oxygen atoms in total. The molecule has 0 saturated carbocycles. The van der Waals surface area contributed by atoms with Crippen LogP contribution in [0.15, 0.2) is 42.3 Å². The van der Waals surface area contributed by atoms with Gasteiger partial charge in [0.1, 0.15) is 17.3 Å². The van der Waals surface area contributed by atoms with Crippen LogP contribution in [0.2, 0.25) is 0 Å². The van der Waals surface area contributed by atoms with Crippen LogP contribution in [-0.2, 0) is 0 Å². The molecule has 0 atom stereocenters. The van der Waals surface area contributed by atoms with E-state index in [0.717, 1.165) is 29.3 Å². The zero-order valence-electron chi connectivity index (χ0n) is 13.6. The molecule has 0 saturated heterocycles. The lowest BCUT2D eigenvalue weighted by Gasteiger charge is -2.31. The first-order valence-electron chi connectivity index (χ1n) is 7.55. The van der Waals surface area contributed by atoms with Gasteiger partial charge < -0.3 is 19.1 Å². The van der Waals surface area contributed by atoms with E-state index in [9.17, 15) is 0 Å². The van der Waals surface area contributed by atoms with Gasteiger partial charge in [-0.15, -0.1) is 0 Å². The summed E-state index contributed by atoms with van der Waals surface area (Å²) < 4.78 is 16.6. The summed E-state index contributed by atoms with van der Waals surface area (Å²) in [5.41, 5.74) is 1.98. The van der Waals surface area contributed by atoms with Crippen molar-refractivity contribution in [3.63, 3.8) is 0 Å². The van der Waals surface area contributed by atoms with Crippen molar-refractivity contribution in [1.29, 1.82) is 0 Å². The van der Waals surface area contributed by atoms with Gasteiger partial charge in [-0.3, -0.25) is 0 Å². The van der Waals surface area contributed by atoms with Gasteiger partial charge >= 0.3 is 0 Å². The third kappa shape index (κ3) is 3.08. The third-order valence-corrected chi connectivity index (χ3v) is 3.79. The molecular formula is C18H20N2O3. The summed E-state index contributed by atoms with van der Waals surface area (Å²) in [7, 11) is 3.21. The predicted molar refractivity (Wildman–Crippen MR) is 90.3 cm³/mol. The number of likely N-dealkylation sites (N-methyl/N-ethyl adjacent to an activating group) is 1. The second-order valence-corrected chi connectivity index (χ2v) is 5.16. The number of aromatic nitrogens is 1. The number of ether oxygens (including phenoxy) is 3. The Bertz CT molecular complexity index is 728. The summed E-state index contributed by atoms with van der Waals surface area (Å²) in [6, 6.07) is 9.82. The van der Waals surface area contributed by atoms with Crippen LogP contribution in [0.25, 0.3) is 6.08 Å². The summed E-state index contributed by atoms with van der Waals surface area (Å²) in [6.45, 7) is 3.76. The average Bonchev–Trinajstić information content (AvgIpc) is 2.61. The highest BCUT2D eigenvalue weighted by Gasteiger charge is 2.20. The molecule has 0 aliphatic carbocycles. The Morgan fingerprint density at radius 2 is 2.09 bits per heavy atom. The average molecular weight is 312 g/mol. The monoisotopic (exact) mass is 312 g/mol. The number of para-hydroxylation sites is 2. The van der Waals surface area contributed by atoms with Crippen LogP contribution in [0.4, 0.5) is 5.69 Å². The van der Waals surface area contributed by atoms with Crippen LogP contribution in [0.5, 0.6) is 17.4 Å². The molecule has 1 aliphatic heterocycles. The lowest BCUT2D eigenvalue weighted by molar-refractivity contribution is 0.380. The highest BCUT2D eigenvalue weighted by Crippen LogP contribution is 2.35. The maximum atomic E-state index is 6.03. The maximum absolute atomic E-state index is 6.03. The first-order chi connectivity index (χ1) is 11.2. The number of fused-ring (bicyclic) bond motifs is 1. The molecule has 3 rings (SSSR count). The van der Waals surface area contributed by atoms with Crippen LogP contribution in [0.3, 0.4) is 0 Å². The van der Waals surface area contributed by atoms with E-state index in [-0.39, 0.29) is 0 Å². The summed E-state index contributed by atoms with van der Waals surface area (Å²) in [5, 5.41) is 0. The van der Waals surface area contributed by atoms with Gasteiger partial charge in [0, 0.05) is 24.4 Å². The Morgan fingerprint density at radius 3 is 2.83 bits per heavy atom. The van der Waals surface area contributed by atoms with Crippen molar-refractivity contribution in [2.75, 3.05) is 32.2 Å². The van der Waals surface area contributed by atoms with E-state index >= 15 is 0 Å². The van der Waals surface area contributed by atoms with E-state index in [1.165, 1.54) is 0 Å². The zero-order chi connectivity index (χ0) is 16.2. The van der Waals surface area contributed by atoms with Gasteiger partial charge in [-0.1, -0.05) is 12.1 Å². The minimum absolute atomic E-state index is 0.522. The minimum Gasteiger partial charge on any atom is -0.496 e. The lowest BCUT2D eigenvalue weighted by atomic mass is 10.2. The van der Waals surface area contributed by atoms with E-state index in [0.29, 0.717) is 18.2 Å². The number of hydrogen-bond donors (Lipinski definition) is 0. The predicted octanol–water partition coefficient (Wildman–Crippen LogP) is 3.36. The summed E-state index contributed by atoms with van der Waals surface area (Å²) >= 11 is 0. The highest BCUT2D eigenvalue weighted by molar-refractivity contribution is 5.66. The highest BCUT2D eigenvalue weighted by atomic mass is 16.5. The van der Waals surface area contributed by atoms with E-state index in [1.54, 1.807) is 26.5 Å². The zero-order valence-corrected chi connectivity index (χ0v) is 13.6. The molecule has 1 aromatic carbocycles. The van der Waals surface area contributed by atoms with Crippen LogP contribution in [0.1, 0.15) is 12.5 Å². The molecule has 0 spiro atoms. The number of hydrogen-bond acceptors (Lipinski definition) is 5. The van der Waals surface area contributed by atoms with Crippen LogP contribution < -0.4 is 19.1 Å². The van der Waals surface area contributed by atoms with Gasteiger partial charge in [0.05, 0.1) is 26.5 Å². The molecule has 0 fully saturated rings. The van der Waals surface area contributed by atoms with Gasteiger partial charge in [0.2, 0.25) is 5.88 Å². The summed E-state index contributed by atoms with van der Waals surface area (Å²) in [6.07, 6.45) is 3.69. The molecule has 0 unspecified atom stereocenters. The first-order valence-corrected chi connectivity index (χ1v) is 7.55. The molecule has 2 aromatic rings. The number of benzene rings is 1. The number of anilines is 1. The smallest absolute Gasteiger partial charge is 0.216 e. The van der Waals surface area contributed by atoms with Gasteiger partial charge in [0.25, 0.3) is 0 Å². The molecular weight excluding hydrogens is 292 g/mol. The molecule has 23 heavy (non-hydrogen) atoms.